The van der Waals surface area contributed by atoms with E-state index in [-0.39, 0.29) is 5.69 Å². The van der Waals surface area contributed by atoms with Gasteiger partial charge in [-0.25, -0.2) is 4.79 Å². The van der Waals surface area contributed by atoms with Crippen molar-refractivity contribution in [2.45, 2.75) is 19.2 Å². The van der Waals surface area contributed by atoms with Gasteiger partial charge >= 0.3 is 5.97 Å². The Bertz CT molecular complexity index is 474. The van der Waals surface area contributed by atoms with E-state index in [4.69, 9.17) is 0 Å². The predicted molar refractivity (Wildman–Crippen MR) is 56.8 cm³/mol. The summed E-state index contributed by atoms with van der Waals surface area (Å²) in [5.41, 5.74) is 0.587. The second-order valence-corrected chi connectivity index (χ2v) is 3.73. The Balaban J connectivity index is 2.36. The first-order chi connectivity index (χ1) is 8.07. The van der Waals surface area contributed by atoms with E-state index in [1.54, 1.807) is 12.1 Å². The number of nitrogens with zero attached hydrogens (tertiary/aromatic N) is 2. The fraction of sp³-hybridized carbons (Fsp3) is 0.364. The van der Waals surface area contributed by atoms with Gasteiger partial charge in [-0.05, 0) is 13.0 Å². The summed E-state index contributed by atoms with van der Waals surface area (Å²) in [6, 6.07) is 2.38. The van der Waals surface area contributed by atoms with Gasteiger partial charge in [-0.3, -0.25) is 14.7 Å². The lowest BCUT2D eigenvalue weighted by Gasteiger charge is -2.25. The topological polar surface area (TPSA) is 79.7 Å². The third-order valence-electron chi connectivity index (χ3n) is 2.78. The van der Waals surface area contributed by atoms with E-state index in [2.05, 4.69) is 9.72 Å². The lowest BCUT2D eigenvalue weighted by Crippen LogP contribution is -2.42. The number of pyridine rings is 1. The minimum Gasteiger partial charge on any atom is -0.467 e. The molecule has 1 N–H and O–H groups in total. The van der Waals surface area contributed by atoms with E-state index in [1.165, 1.54) is 20.2 Å². The van der Waals surface area contributed by atoms with Gasteiger partial charge in [0.05, 0.1) is 7.11 Å². The maximum Gasteiger partial charge on any atom is 0.328 e. The first-order valence-electron chi connectivity index (χ1n) is 5.11. The van der Waals surface area contributed by atoms with Gasteiger partial charge < -0.3 is 9.84 Å². The second-order valence-electron chi connectivity index (χ2n) is 3.73. The smallest absolute Gasteiger partial charge is 0.328 e. The number of aliphatic hydroxyl groups is 1. The fourth-order valence-electron chi connectivity index (χ4n) is 1.86. The third kappa shape index (κ3) is 1.66. The minimum atomic E-state index is -1.15. The molecule has 1 aliphatic heterocycles. The summed E-state index contributed by atoms with van der Waals surface area (Å²) in [4.78, 5) is 28.3. The number of rotatable bonds is 2. The molecular weight excluding hydrogens is 224 g/mol. The van der Waals surface area contributed by atoms with Crippen LogP contribution in [0.2, 0.25) is 0 Å². The number of aromatic nitrogens is 1. The van der Waals surface area contributed by atoms with Gasteiger partial charge in [0, 0.05) is 11.8 Å². The van der Waals surface area contributed by atoms with Gasteiger partial charge in [0.2, 0.25) is 0 Å². The average Bonchev–Trinajstić information content (AvgIpc) is 2.61. The summed E-state index contributed by atoms with van der Waals surface area (Å²) in [6.07, 6.45) is 0.316. The Labute approximate surface area is 97.8 Å². The van der Waals surface area contributed by atoms with Crippen LogP contribution in [0.15, 0.2) is 18.3 Å². The van der Waals surface area contributed by atoms with Crippen LogP contribution in [0.3, 0.4) is 0 Å². The molecule has 0 radical (unpaired) electrons. The Morgan fingerprint density at radius 2 is 2.35 bits per heavy atom. The van der Waals surface area contributed by atoms with Crippen molar-refractivity contribution in [1.29, 1.82) is 0 Å². The Kier molecular flexibility index (Phi) is 2.81. The molecule has 6 nitrogen and oxygen atoms in total. The predicted octanol–water partition coefficient (Wildman–Crippen LogP) is 0.0898. The van der Waals surface area contributed by atoms with Crippen molar-refractivity contribution in [2.24, 2.45) is 0 Å². The van der Waals surface area contributed by atoms with Crippen molar-refractivity contribution in [2.75, 3.05) is 7.11 Å². The van der Waals surface area contributed by atoms with E-state index >= 15 is 0 Å². The molecule has 0 saturated heterocycles. The number of aliphatic hydroxyl groups excluding tert-OH is 1. The highest BCUT2D eigenvalue weighted by Gasteiger charge is 2.41. The molecule has 90 valence electrons. The number of fused-ring (bicyclic) bond motifs is 1. The van der Waals surface area contributed by atoms with Crippen LogP contribution in [0.1, 0.15) is 29.2 Å². The number of methoxy groups -OCH3 is 1. The summed E-state index contributed by atoms with van der Waals surface area (Å²) < 4.78 is 4.56. The Morgan fingerprint density at radius 1 is 1.65 bits per heavy atom. The maximum absolute atomic E-state index is 12.0. The van der Waals surface area contributed by atoms with E-state index in [1.807, 2.05) is 0 Å². The fourth-order valence-corrected chi connectivity index (χ4v) is 1.86. The highest BCUT2D eigenvalue weighted by atomic mass is 16.5. The summed E-state index contributed by atoms with van der Waals surface area (Å²) in [7, 11) is 1.23. The van der Waals surface area contributed by atoms with Crippen molar-refractivity contribution in [3.8, 4) is 0 Å². The molecule has 0 aromatic carbocycles. The van der Waals surface area contributed by atoms with Crippen LogP contribution < -0.4 is 0 Å². The quantitative estimate of drug-likeness (QED) is 0.736. The maximum atomic E-state index is 12.0. The Morgan fingerprint density at radius 3 is 2.94 bits per heavy atom. The SMILES string of the molecule is COC(=O)C(C)N1C(=O)c2ncccc2C1O. The normalized spacial score (nSPS) is 20.1. The Hall–Kier alpha value is -1.95. The summed E-state index contributed by atoms with van der Waals surface area (Å²) >= 11 is 0. The first kappa shape index (κ1) is 11.5. The lowest BCUT2D eigenvalue weighted by atomic mass is 10.2. The number of carbonyl (C=O) groups is 2. The monoisotopic (exact) mass is 236 g/mol. The molecule has 1 aliphatic rings. The highest BCUT2D eigenvalue weighted by Crippen LogP contribution is 2.31. The van der Waals surface area contributed by atoms with Crippen LogP contribution in [0.25, 0.3) is 0 Å². The van der Waals surface area contributed by atoms with Crippen LogP contribution >= 0.6 is 0 Å². The molecule has 0 fully saturated rings. The molecular formula is C11H12N2O4. The van der Waals surface area contributed by atoms with Gasteiger partial charge in [0.25, 0.3) is 5.91 Å². The lowest BCUT2D eigenvalue weighted by molar-refractivity contribution is -0.148. The zero-order chi connectivity index (χ0) is 12.6. The molecule has 0 saturated carbocycles. The van der Waals surface area contributed by atoms with E-state index < -0.39 is 24.1 Å². The van der Waals surface area contributed by atoms with E-state index in [9.17, 15) is 14.7 Å². The zero-order valence-corrected chi connectivity index (χ0v) is 9.45. The van der Waals surface area contributed by atoms with E-state index in [0.717, 1.165) is 4.90 Å². The van der Waals surface area contributed by atoms with Crippen molar-refractivity contribution >= 4 is 11.9 Å². The molecule has 2 unspecified atom stereocenters. The standard InChI is InChI=1S/C11H12N2O4/c1-6(11(16)17-2)13-9(14)7-4-3-5-12-8(7)10(13)15/h3-6,9,14H,1-2H3. The molecule has 1 aromatic rings. The molecule has 6 heteroatoms. The van der Waals surface area contributed by atoms with Gasteiger partial charge in [-0.2, -0.15) is 0 Å². The molecule has 2 atom stereocenters. The van der Waals surface area contributed by atoms with Crippen LogP contribution in [0.4, 0.5) is 0 Å². The van der Waals surface area contributed by atoms with Crippen molar-refractivity contribution < 1.29 is 19.4 Å². The molecule has 0 bridgehead atoms. The van der Waals surface area contributed by atoms with Crippen molar-refractivity contribution in [1.82, 2.24) is 9.88 Å². The minimum absolute atomic E-state index is 0.177. The number of hydrogen-bond acceptors (Lipinski definition) is 5. The number of carbonyl (C=O) groups excluding carboxylic acids is 2. The average molecular weight is 236 g/mol. The molecule has 1 amide bonds. The van der Waals surface area contributed by atoms with Crippen molar-refractivity contribution in [3.63, 3.8) is 0 Å². The second kappa shape index (κ2) is 4.14. The summed E-state index contributed by atoms with van der Waals surface area (Å²) in [5, 5.41) is 9.98. The van der Waals surface area contributed by atoms with Crippen LogP contribution in [-0.2, 0) is 9.53 Å². The number of hydrogen-bond donors (Lipinski definition) is 1. The van der Waals surface area contributed by atoms with Gasteiger partial charge in [0.15, 0.2) is 6.23 Å². The van der Waals surface area contributed by atoms with Gasteiger partial charge in [-0.1, -0.05) is 6.07 Å². The van der Waals surface area contributed by atoms with Crippen LogP contribution in [0.5, 0.6) is 0 Å². The third-order valence-corrected chi connectivity index (χ3v) is 2.78. The van der Waals surface area contributed by atoms with Crippen molar-refractivity contribution in [3.05, 3.63) is 29.6 Å². The number of esters is 1. The summed E-state index contributed by atoms with van der Waals surface area (Å²) in [6.45, 7) is 1.50. The molecule has 1 aromatic heterocycles. The molecule has 17 heavy (non-hydrogen) atoms. The highest BCUT2D eigenvalue weighted by molar-refractivity contribution is 5.99. The molecule has 2 rings (SSSR count). The number of ether oxygens (including phenoxy) is 1. The number of amides is 1. The molecule has 0 spiro atoms. The largest absolute Gasteiger partial charge is 0.467 e. The van der Waals surface area contributed by atoms with Crippen LogP contribution in [0, 0.1) is 0 Å². The van der Waals surface area contributed by atoms with Crippen LogP contribution in [-0.4, -0.2) is 40.0 Å². The molecule has 0 aliphatic carbocycles. The van der Waals surface area contributed by atoms with Gasteiger partial charge in [0.1, 0.15) is 11.7 Å². The first-order valence-corrected chi connectivity index (χ1v) is 5.11. The zero-order valence-electron chi connectivity index (χ0n) is 9.45. The van der Waals surface area contributed by atoms with E-state index in [0.29, 0.717) is 5.56 Å². The van der Waals surface area contributed by atoms with Gasteiger partial charge in [-0.15, -0.1) is 0 Å². The summed E-state index contributed by atoms with van der Waals surface area (Å²) in [5.74, 6) is -1.05. The molecule has 2 heterocycles.